The molecule has 0 atom stereocenters. The Morgan fingerprint density at radius 1 is 1.11 bits per heavy atom. The van der Waals surface area contributed by atoms with Gasteiger partial charge in [0, 0.05) is 18.0 Å². The van der Waals surface area contributed by atoms with Crippen LogP contribution in [0.15, 0.2) is 41.8 Å². The lowest BCUT2D eigenvalue weighted by molar-refractivity contribution is 0.299. The maximum Gasteiger partial charge on any atom is 0.165 e. The summed E-state index contributed by atoms with van der Waals surface area (Å²) < 4.78 is 18.5. The highest BCUT2D eigenvalue weighted by Crippen LogP contribution is 2.14. The van der Waals surface area contributed by atoms with Gasteiger partial charge >= 0.3 is 0 Å². The summed E-state index contributed by atoms with van der Waals surface area (Å²) in [4.78, 5) is 1.37. The molecule has 0 saturated carbocycles. The fourth-order valence-corrected chi connectivity index (χ4v) is 2.30. The van der Waals surface area contributed by atoms with Crippen LogP contribution >= 0.6 is 11.3 Å². The quantitative estimate of drug-likeness (QED) is 0.777. The highest BCUT2D eigenvalue weighted by Gasteiger charge is 2.00. The van der Waals surface area contributed by atoms with Gasteiger partial charge in [0.1, 0.15) is 6.61 Å². The van der Waals surface area contributed by atoms with E-state index in [1.807, 2.05) is 0 Å². The van der Waals surface area contributed by atoms with Crippen molar-refractivity contribution in [2.45, 2.75) is 6.42 Å². The van der Waals surface area contributed by atoms with E-state index in [0.29, 0.717) is 12.4 Å². The number of hydrogen-bond donors (Lipinski definition) is 1. The van der Waals surface area contributed by atoms with Gasteiger partial charge in [-0.25, -0.2) is 4.39 Å². The maximum atomic E-state index is 13.2. The molecule has 0 aliphatic rings. The average molecular weight is 265 g/mol. The molecular weight excluding hydrogens is 249 g/mol. The second-order valence-electron chi connectivity index (χ2n) is 3.86. The normalized spacial score (nSPS) is 10.5. The van der Waals surface area contributed by atoms with Gasteiger partial charge in [0.25, 0.3) is 0 Å². The molecule has 4 heteroatoms. The van der Waals surface area contributed by atoms with Gasteiger partial charge in [-0.15, -0.1) is 11.3 Å². The number of halogens is 1. The van der Waals surface area contributed by atoms with Crippen LogP contribution in [0.4, 0.5) is 4.39 Å². The SMILES string of the molecule is Fc1ccccc1OCCNCCc1cccs1. The van der Waals surface area contributed by atoms with Crippen LogP contribution in [0, 0.1) is 5.82 Å². The van der Waals surface area contributed by atoms with E-state index in [9.17, 15) is 4.39 Å². The molecule has 0 saturated heterocycles. The Labute approximate surface area is 110 Å². The van der Waals surface area contributed by atoms with Crippen LogP contribution in [0.3, 0.4) is 0 Å². The number of rotatable bonds is 7. The summed E-state index contributed by atoms with van der Waals surface area (Å²) in [5.41, 5.74) is 0. The maximum absolute atomic E-state index is 13.2. The van der Waals surface area contributed by atoms with Crippen LogP contribution in [0.1, 0.15) is 4.88 Å². The van der Waals surface area contributed by atoms with Crippen molar-refractivity contribution in [3.05, 3.63) is 52.5 Å². The standard InChI is InChI=1S/C14H16FNOS/c15-13-5-1-2-6-14(13)17-10-9-16-8-7-12-4-3-11-18-12/h1-6,11,16H,7-10H2. The highest BCUT2D eigenvalue weighted by atomic mass is 32.1. The Bertz CT molecular complexity index is 459. The smallest absolute Gasteiger partial charge is 0.165 e. The lowest BCUT2D eigenvalue weighted by atomic mass is 10.3. The molecule has 0 amide bonds. The minimum absolute atomic E-state index is 0.309. The van der Waals surface area contributed by atoms with Crippen LogP contribution in [-0.2, 0) is 6.42 Å². The van der Waals surface area contributed by atoms with E-state index in [1.54, 1.807) is 29.5 Å². The second kappa shape index (κ2) is 7.13. The summed E-state index contributed by atoms with van der Waals surface area (Å²) in [5.74, 6) is 0.00800. The van der Waals surface area contributed by atoms with Gasteiger partial charge in [-0.2, -0.15) is 0 Å². The van der Waals surface area contributed by atoms with Gasteiger partial charge in [0.15, 0.2) is 11.6 Å². The molecule has 0 radical (unpaired) electrons. The van der Waals surface area contributed by atoms with E-state index in [0.717, 1.165) is 19.5 Å². The summed E-state index contributed by atoms with van der Waals surface area (Å²) in [6.07, 6.45) is 1.03. The molecule has 0 unspecified atom stereocenters. The van der Waals surface area contributed by atoms with Gasteiger partial charge in [0.05, 0.1) is 0 Å². The van der Waals surface area contributed by atoms with E-state index < -0.39 is 0 Å². The van der Waals surface area contributed by atoms with Crippen molar-refractivity contribution in [3.8, 4) is 5.75 Å². The minimum atomic E-state index is -0.309. The van der Waals surface area contributed by atoms with Crippen molar-refractivity contribution in [1.82, 2.24) is 5.32 Å². The first kappa shape index (κ1) is 13.1. The van der Waals surface area contributed by atoms with E-state index in [2.05, 4.69) is 22.8 Å². The zero-order chi connectivity index (χ0) is 12.6. The predicted octanol–water partition coefficient (Wildman–Crippen LogP) is 3.10. The molecule has 18 heavy (non-hydrogen) atoms. The predicted molar refractivity (Wildman–Crippen MR) is 72.8 cm³/mol. The zero-order valence-electron chi connectivity index (χ0n) is 10.1. The molecule has 1 heterocycles. The van der Waals surface area contributed by atoms with Gasteiger partial charge < -0.3 is 10.1 Å². The third-order valence-electron chi connectivity index (χ3n) is 2.50. The molecule has 0 bridgehead atoms. The first-order valence-electron chi connectivity index (χ1n) is 5.96. The molecule has 2 aromatic rings. The van der Waals surface area contributed by atoms with Gasteiger partial charge in [-0.1, -0.05) is 18.2 Å². The molecule has 96 valence electrons. The Hall–Kier alpha value is -1.39. The zero-order valence-corrected chi connectivity index (χ0v) is 10.9. The first-order chi connectivity index (χ1) is 8.86. The summed E-state index contributed by atoms with van der Waals surface area (Å²) in [5, 5.41) is 5.35. The summed E-state index contributed by atoms with van der Waals surface area (Å²) in [7, 11) is 0. The van der Waals surface area contributed by atoms with Crippen molar-refractivity contribution < 1.29 is 9.13 Å². The van der Waals surface area contributed by atoms with Crippen LogP contribution in [0.2, 0.25) is 0 Å². The van der Waals surface area contributed by atoms with Crippen molar-refractivity contribution in [1.29, 1.82) is 0 Å². The van der Waals surface area contributed by atoms with E-state index in [1.165, 1.54) is 10.9 Å². The minimum Gasteiger partial charge on any atom is -0.489 e. The summed E-state index contributed by atoms with van der Waals surface area (Å²) in [6.45, 7) is 2.12. The first-order valence-corrected chi connectivity index (χ1v) is 6.84. The van der Waals surface area contributed by atoms with Crippen LogP contribution in [0.25, 0.3) is 0 Å². The molecule has 1 N–H and O–H groups in total. The van der Waals surface area contributed by atoms with Crippen molar-refractivity contribution in [2.75, 3.05) is 19.7 Å². The van der Waals surface area contributed by atoms with Gasteiger partial charge in [-0.05, 0) is 30.0 Å². The number of thiophene rings is 1. The largest absolute Gasteiger partial charge is 0.489 e. The van der Waals surface area contributed by atoms with Crippen LogP contribution in [0.5, 0.6) is 5.75 Å². The van der Waals surface area contributed by atoms with Crippen LogP contribution in [-0.4, -0.2) is 19.7 Å². The molecule has 0 aliphatic carbocycles. The topological polar surface area (TPSA) is 21.3 Å². The lowest BCUT2D eigenvalue weighted by Gasteiger charge is -2.07. The number of hydrogen-bond acceptors (Lipinski definition) is 3. The molecule has 0 spiro atoms. The van der Waals surface area contributed by atoms with E-state index in [-0.39, 0.29) is 5.82 Å². The Morgan fingerprint density at radius 3 is 2.78 bits per heavy atom. The fourth-order valence-electron chi connectivity index (χ4n) is 1.59. The molecule has 2 nitrogen and oxygen atoms in total. The number of benzene rings is 1. The van der Waals surface area contributed by atoms with Crippen molar-refractivity contribution in [3.63, 3.8) is 0 Å². The van der Waals surface area contributed by atoms with Gasteiger partial charge in [0.2, 0.25) is 0 Å². The molecule has 2 rings (SSSR count). The number of para-hydroxylation sites is 1. The highest BCUT2D eigenvalue weighted by molar-refractivity contribution is 7.09. The van der Waals surface area contributed by atoms with Gasteiger partial charge in [-0.3, -0.25) is 0 Å². The number of nitrogens with one attached hydrogen (secondary N) is 1. The monoisotopic (exact) mass is 265 g/mol. The van der Waals surface area contributed by atoms with Crippen molar-refractivity contribution >= 4 is 11.3 Å². The molecule has 1 aromatic carbocycles. The molecule has 0 fully saturated rings. The fraction of sp³-hybridized carbons (Fsp3) is 0.286. The van der Waals surface area contributed by atoms with Crippen molar-refractivity contribution in [2.24, 2.45) is 0 Å². The molecule has 1 aromatic heterocycles. The number of ether oxygens (including phenoxy) is 1. The second-order valence-corrected chi connectivity index (χ2v) is 4.89. The lowest BCUT2D eigenvalue weighted by Crippen LogP contribution is -2.23. The summed E-state index contributed by atoms with van der Waals surface area (Å²) in [6, 6.07) is 10.6. The Balaban J connectivity index is 1.58. The van der Waals surface area contributed by atoms with E-state index >= 15 is 0 Å². The third kappa shape index (κ3) is 4.13. The van der Waals surface area contributed by atoms with Crippen LogP contribution < -0.4 is 10.1 Å². The molecular formula is C14H16FNOS. The summed E-state index contributed by atoms with van der Waals surface area (Å²) >= 11 is 1.76. The Kier molecular flexibility index (Phi) is 5.17. The molecule has 0 aliphatic heterocycles. The third-order valence-corrected chi connectivity index (χ3v) is 3.44. The average Bonchev–Trinajstić information content (AvgIpc) is 2.89. The van der Waals surface area contributed by atoms with E-state index in [4.69, 9.17) is 4.74 Å². The Morgan fingerprint density at radius 2 is 2.00 bits per heavy atom.